The Bertz CT molecular complexity index is 939. The van der Waals surface area contributed by atoms with Gasteiger partial charge >= 0.3 is 6.03 Å². The molecule has 0 spiro atoms. The van der Waals surface area contributed by atoms with Gasteiger partial charge in [0.1, 0.15) is 0 Å². The van der Waals surface area contributed by atoms with Gasteiger partial charge in [-0.15, -0.1) is 11.3 Å². The summed E-state index contributed by atoms with van der Waals surface area (Å²) in [5.74, 6) is 0.257. The lowest BCUT2D eigenvalue weighted by Crippen LogP contribution is -2.27. The number of carbonyl (C=O) groups excluding carboxylic acids is 2. The predicted molar refractivity (Wildman–Crippen MR) is 94.9 cm³/mol. The number of nitrogens with one attached hydrogen (secondary N) is 2. The average Bonchev–Trinajstić information content (AvgIpc) is 3.36. The molecule has 0 unspecified atom stereocenters. The van der Waals surface area contributed by atoms with Crippen molar-refractivity contribution >= 4 is 34.1 Å². The van der Waals surface area contributed by atoms with Crippen LogP contribution in [0.5, 0.6) is 0 Å². The van der Waals surface area contributed by atoms with E-state index in [1.807, 2.05) is 6.07 Å². The van der Waals surface area contributed by atoms with E-state index in [1.54, 1.807) is 28.5 Å². The molecule has 0 bridgehead atoms. The zero-order chi connectivity index (χ0) is 17.9. The smallest absolute Gasteiger partial charge is 0.323 e. The van der Waals surface area contributed by atoms with Crippen LogP contribution in [0, 0.1) is 0 Å². The number of hydrogen-bond donors (Lipinski definition) is 2. The molecule has 1 aromatic carbocycles. The van der Waals surface area contributed by atoms with E-state index in [9.17, 15) is 9.59 Å². The summed E-state index contributed by atoms with van der Waals surface area (Å²) in [7, 11) is 0. The van der Waals surface area contributed by atoms with Gasteiger partial charge in [-0.3, -0.25) is 9.69 Å². The summed E-state index contributed by atoms with van der Waals surface area (Å²) in [6.45, 7) is 1.19. The molecule has 0 saturated carbocycles. The highest BCUT2D eigenvalue weighted by molar-refractivity contribution is 7.14. The molecule has 0 atom stereocenters. The van der Waals surface area contributed by atoms with Gasteiger partial charge in [0.25, 0.3) is 0 Å². The molecule has 1 aliphatic rings. The van der Waals surface area contributed by atoms with Crippen LogP contribution in [0.3, 0.4) is 0 Å². The van der Waals surface area contributed by atoms with Gasteiger partial charge in [-0.25, -0.2) is 9.78 Å². The molecule has 0 aliphatic carbocycles. The van der Waals surface area contributed by atoms with Gasteiger partial charge in [-0.05, 0) is 12.1 Å². The summed E-state index contributed by atoms with van der Waals surface area (Å²) in [6.07, 6.45) is 1.37. The van der Waals surface area contributed by atoms with Crippen molar-refractivity contribution in [1.29, 1.82) is 0 Å². The molecule has 1 saturated heterocycles. The number of anilines is 2. The fourth-order valence-electron chi connectivity index (χ4n) is 2.56. The van der Waals surface area contributed by atoms with Crippen LogP contribution >= 0.6 is 11.3 Å². The summed E-state index contributed by atoms with van der Waals surface area (Å²) < 4.78 is 4.73. The van der Waals surface area contributed by atoms with E-state index in [0.717, 1.165) is 5.56 Å². The largest absolute Gasteiger partial charge is 0.342 e. The molecule has 2 aromatic heterocycles. The monoisotopic (exact) mass is 370 g/mol. The molecule has 3 heterocycles. The fourth-order valence-corrected chi connectivity index (χ4v) is 3.41. The normalized spacial score (nSPS) is 13.7. The molecular weight excluding hydrogens is 356 g/mol. The minimum absolute atomic E-state index is 0.123. The van der Waals surface area contributed by atoms with Crippen molar-refractivity contribution in [2.75, 3.05) is 23.3 Å². The molecule has 2 N–H and O–H groups in total. The Morgan fingerprint density at radius 2 is 2.35 bits per heavy atom. The van der Waals surface area contributed by atoms with Crippen LogP contribution in [0.4, 0.5) is 15.6 Å². The van der Waals surface area contributed by atoms with E-state index in [-0.39, 0.29) is 18.4 Å². The zero-order valence-corrected chi connectivity index (χ0v) is 14.3. The first-order valence-corrected chi connectivity index (χ1v) is 8.73. The Balaban J connectivity index is 1.41. The van der Waals surface area contributed by atoms with Gasteiger partial charge in [0, 0.05) is 29.7 Å². The van der Waals surface area contributed by atoms with E-state index in [4.69, 9.17) is 4.52 Å². The lowest BCUT2D eigenvalue weighted by molar-refractivity contribution is -0.115. The number of rotatable bonds is 5. The third kappa shape index (κ3) is 3.40. The maximum absolute atomic E-state index is 12.3. The summed E-state index contributed by atoms with van der Waals surface area (Å²) in [4.78, 5) is 33.9. The van der Waals surface area contributed by atoms with Crippen LogP contribution in [0.25, 0.3) is 11.4 Å². The molecule has 1 fully saturated rings. The van der Waals surface area contributed by atoms with Crippen molar-refractivity contribution in [3.63, 3.8) is 0 Å². The maximum Gasteiger partial charge on any atom is 0.323 e. The molecule has 4 rings (SSSR count). The standard InChI is InChI=1S/C16H14N6O3S/c23-13(7-12-8-26-16(20-12)22-5-4-17-15(22)24)19-11-3-1-2-10(6-11)14-18-9-25-21-14/h1-3,6,8-9H,4-5,7H2,(H,17,24)(H,19,23). The lowest BCUT2D eigenvalue weighted by Gasteiger charge is -2.08. The van der Waals surface area contributed by atoms with Crippen molar-refractivity contribution in [3.8, 4) is 11.4 Å². The first-order valence-electron chi connectivity index (χ1n) is 7.85. The minimum Gasteiger partial charge on any atom is -0.342 e. The minimum atomic E-state index is -0.196. The van der Waals surface area contributed by atoms with E-state index in [2.05, 4.69) is 25.8 Å². The van der Waals surface area contributed by atoms with Crippen LogP contribution in [0.2, 0.25) is 0 Å². The number of aromatic nitrogens is 3. The van der Waals surface area contributed by atoms with Crippen molar-refractivity contribution in [1.82, 2.24) is 20.4 Å². The van der Waals surface area contributed by atoms with Gasteiger partial charge in [-0.1, -0.05) is 17.3 Å². The van der Waals surface area contributed by atoms with E-state index < -0.39 is 0 Å². The Kier molecular flexibility index (Phi) is 4.32. The second-order valence-electron chi connectivity index (χ2n) is 5.57. The second-order valence-corrected chi connectivity index (χ2v) is 6.40. The first-order chi connectivity index (χ1) is 12.7. The van der Waals surface area contributed by atoms with Gasteiger partial charge in [0.2, 0.25) is 18.1 Å². The molecule has 0 radical (unpaired) electrons. The van der Waals surface area contributed by atoms with Crippen molar-refractivity contribution in [3.05, 3.63) is 41.7 Å². The summed E-state index contributed by atoms with van der Waals surface area (Å²) in [5, 5.41) is 11.7. The third-order valence-electron chi connectivity index (χ3n) is 3.73. The maximum atomic E-state index is 12.3. The van der Waals surface area contributed by atoms with Gasteiger partial charge in [0.05, 0.1) is 12.1 Å². The van der Waals surface area contributed by atoms with Gasteiger partial charge < -0.3 is 15.2 Å². The van der Waals surface area contributed by atoms with Crippen LogP contribution < -0.4 is 15.5 Å². The summed E-state index contributed by atoms with van der Waals surface area (Å²) >= 11 is 1.35. The quantitative estimate of drug-likeness (QED) is 0.709. The Morgan fingerprint density at radius 3 is 3.12 bits per heavy atom. The molecular formula is C16H14N6O3S. The second kappa shape index (κ2) is 6.92. The topological polar surface area (TPSA) is 113 Å². The number of benzene rings is 1. The Hall–Kier alpha value is -3.27. The van der Waals surface area contributed by atoms with E-state index in [0.29, 0.717) is 35.4 Å². The highest BCUT2D eigenvalue weighted by atomic mass is 32.1. The molecule has 3 amide bonds. The van der Waals surface area contributed by atoms with Crippen LogP contribution in [0.15, 0.2) is 40.6 Å². The fraction of sp³-hybridized carbons (Fsp3) is 0.188. The summed E-state index contributed by atoms with van der Waals surface area (Å²) in [5.41, 5.74) is 2.00. The van der Waals surface area contributed by atoms with E-state index in [1.165, 1.54) is 17.7 Å². The number of carbonyl (C=O) groups is 2. The SMILES string of the molecule is O=C(Cc1csc(N2CCNC2=O)n1)Nc1cccc(-c2ncon2)c1. The highest BCUT2D eigenvalue weighted by Crippen LogP contribution is 2.23. The highest BCUT2D eigenvalue weighted by Gasteiger charge is 2.24. The predicted octanol–water partition coefficient (Wildman–Crippen LogP) is 1.90. The van der Waals surface area contributed by atoms with Crippen molar-refractivity contribution in [2.24, 2.45) is 0 Å². The molecule has 1 aliphatic heterocycles. The third-order valence-corrected chi connectivity index (χ3v) is 4.65. The molecule has 132 valence electrons. The molecule has 9 nitrogen and oxygen atoms in total. The van der Waals surface area contributed by atoms with Gasteiger partial charge in [0.15, 0.2) is 5.13 Å². The van der Waals surface area contributed by atoms with Crippen molar-refractivity contribution < 1.29 is 14.1 Å². The summed E-state index contributed by atoms with van der Waals surface area (Å²) in [6, 6.07) is 7.02. The zero-order valence-electron chi connectivity index (χ0n) is 13.5. The van der Waals surface area contributed by atoms with Crippen molar-refractivity contribution in [2.45, 2.75) is 6.42 Å². The number of thiazole rings is 1. The molecule has 3 aromatic rings. The van der Waals surface area contributed by atoms with Crippen LogP contribution in [0.1, 0.15) is 5.69 Å². The van der Waals surface area contributed by atoms with Crippen LogP contribution in [-0.4, -0.2) is 40.2 Å². The molecule has 26 heavy (non-hydrogen) atoms. The lowest BCUT2D eigenvalue weighted by atomic mass is 10.2. The Labute approximate surface area is 152 Å². The number of urea groups is 1. The van der Waals surface area contributed by atoms with Crippen LogP contribution in [-0.2, 0) is 11.2 Å². The number of nitrogens with zero attached hydrogens (tertiary/aromatic N) is 4. The number of amides is 3. The Morgan fingerprint density at radius 1 is 1.42 bits per heavy atom. The first kappa shape index (κ1) is 16.2. The number of hydrogen-bond acceptors (Lipinski definition) is 7. The average molecular weight is 370 g/mol. The van der Waals surface area contributed by atoms with Gasteiger partial charge in [-0.2, -0.15) is 4.98 Å². The van der Waals surface area contributed by atoms with E-state index >= 15 is 0 Å². The molecule has 10 heteroatoms.